The fourth-order valence-corrected chi connectivity index (χ4v) is 3.43. The number of aryl methyl sites for hydroxylation is 3. The van der Waals surface area contributed by atoms with E-state index < -0.39 is 11.5 Å². The average molecular weight is 450 g/mol. The minimum absolute atomic E-state index is 0.000666. The average Bonchev–Trinajstić information content (AvgIpc) is 2.82. The smallest absolute Gasteiger partial charge is 0.269 e. The van der Waals surface area contributed by atoms with Gasteiger partial charge in [0.15, 0.2) is 0 Å². The van der Waals surface area contributed by atoms with Crippen LogP contribution in [0, 0.1) is 32.1 Å². The molecule has 34 heavy (non-hydrogen) atoms. The van der Waals surface area contributed by atoms with Crippen LogP contribution in [0.4, 0.5) is 5.69 Å². The minimum Gasteiger partial charge on any atom is -0.438 e. The number of pyridine rings is 1. The first kappa shape index (κ1) is 22.5. The third-order valence-corrected chi connectivity index (χ3v) is 5.23. The van der Waals surface area contributed by atoms with Crippen molar-refractivity contribution in [2.45, 2.75) is 20.8 Å². The second kappa shape index (κ2) is 9.43. The van der Waals surface area contributed by atoms with Crippen molar-refractivity contribution >= 4 is 23.3 Å². The third-order valence-electron chi connectivity index (χ3n) is 5.23. The molecule has 0 radical (unpaired) electrons. The number of hydrogen-bond acceptors (Lipinski definition) is 5. The molecular formula is C27H22N4O3. The molecule has 0 aliphatic rings. The standard InChI is InChI=1S/C27H22N4O3/c1-17-7-10-21(11-8-17)29-25(32)20(16-28)15-22-26(34-23-12-9-18(2)14-19(23)3)30-24-6-4-5-13-31(24)27(22)33/h4-15H,1-3H3,(H,29,32). The van der Waals surface area contributed by atoms with Crippen molar-refractivity contribution in [2.24, 2.45) is 0 Å². The van der Waals surface area contributed by atoms with Crippen LogP contribution < -0.4 is 15.6 Å². The maximum absolute atomic E-state index is 13.3. The number of amides is 1. The number of carbonyl (C=O) groups excluding carboxylic acids is 1. The number of ether oxygens (including phenoxy) is 1. The number of hydrogen-bond donors (Lipinski definition) is 1. The Morgan fingerprint density at radius 3 is 2.50 bits per heavy atom. The van der Waals surface area contributed by atoms with E-state index in [0.717, 1.165) is 16.7 Å². The number of nitrogens with one attached hydrogen (secondary N) is 1. The molecule has 1 amide bonds. The van der Waals surface area contributed by atoms with E-state index >= 15 is 0 Å². The molecule has 7 heteroatoms. The lowest BCUT2D eigenvalue weighted by atomic mass is 10.1. The van der Waals surface area contributed by atoms with Gasteiger partial charge in [0.2, 0.25) is 5.88 Å². The van der Waals surface area contributed by atoms with E-state index in [1.807, 2.05) is 51.1 Å². The molecule has 2 aromatic carbocycles. The Balaban J connectivity index is 1.81. The van der Waals surface area contributed by atoms with Crippen molar-refractivity contribution in [1.82, 2.24) is 9.38 Å². The molecule has 0 saturated carbocycles. The van der Waals surface area contributed by atoms with Gasteiger partial charge in [-0.15, -0.1) is 0 Å². The summed E-state index contributed by atoms with van der Waals surface area (Å²) in [5.41, 5.74) is 3.18. The van der Waals surface area contributed by atoms with Crippen LogP contribution in [-0.2, 0) is 4.79 Å². The Labute approximate surface area is 196 Å². The van der Waals surface area contributed by atoms with Gasteiger partial charge in [0.05, 0.1) is 0 Å². The van der Waals surface area contributed by atoms with E-state index in [1.165, 1.54) is 10.5 Å². The van der Waals surface area contributed by atoms with E-state index in [4.69, 9.17) is 4.74 Å². The highest BCUT2D eigenvalue weighted by Gasteiger charge is 2.18. The number of nitrogens with zero attached hydrogens (tertiary/aromatic N) is 3. The molecule has 0 spiro atoms. The summed E-state index contributed by atoms with van der Waals surface area (Å²) in [5, 5.41) is 12.4. The van der Waals surface area contributed by atoms with Crippen LogP contribution in [0.25, 0.3) is 11.7 Å². The summed E-state index contributed by atoms with van der Waals surface area (Å²) < 4.78 is 7.37. The van der Waals surface area contributed by atoms with Gasteiger partial charge < -0.3 is 10.1 Å². The van der Waals surface area contributed by atoms with Gasteiger partial charge in [-0.2, -0.15) is 10.2 Å². The first-order valence-electron chi connectivity index (χ1n) is 10.6. The predicted octanol–water partition coefficient (Wildman–Crippen LogP) is 4.96. The summed E-state index contributed by atoms with van der Waals surface area (Å²) in [6.07, 6.45) is 2.79. The lowest BCUT2D eigenvalue weighted by Crippen LogP contribution is -2.20. The van der Waals surface area contributed by atoms with E-state index in [0.29, 0.717) is 17.1 Å². The van der Waals surface area contributed by atoms with Gasteiger partial charge in [-0.1, -0.05) is 41.5 Å². The molecule has 4 rings (SSSR count). The molecule has 0 aliphatic carbocycles. The Kier molecular flexibility index (Phi) is 6.24. The van der Waals surface area contributed by atoms with Crippen molar-refractivity contribution in [2.75, 3.05) is 5.32 Å². The van der Waals surface area contributed by atoms with Crippen molar-refractivity contribution in [3.63, 3.8) is 0 Å². The number of aromatic nitrogens is 2. The van der Waals surface area contributed by atoms with E-state index in [9.17, 15) is 14.9 Å². The lowest BCUT2D eigenvalue weighted by molar-refractivity contribution is -0.112. The van der Waals surface area contributed by atoms with Crippen LogP contribution >= 0.6 is 0 Å². The van der Waals surface area contributed by atoms with Crippen LogP contribution in [-0.4, -0.2) is 15.3 Å². The Morgan fingerprint density at radius 2 is 1.79 bits per heavy atom. The molecule has 0 atom stereocenters. The lowest BCUT2D eigenvalue weighted by Gasteiger charge is -2.12. The summed E-state index contributed by atoms with van der Waals surface area (Å²) in [6, 6.07) is 19.8. The SMILES string of the molecule is Cc1ccc(NC(=O)C(C#N)=Cc2c(Oc3ccc(C)cc3C)nc3ccccn3c2=O)cc1. The maximum atomic E-state index is 13.3. The molecule has 2 aromatic heterocycles. The molecule has 2 heterocycles. The highest BCUT2D eigenvalue weighted by atomic mass is 16.5. The Bertz CT molecular complexity index is 1530. The van der Waals surface area contributed by atoms with Crippen molar-refractivity contribution in [1.29, 1.82) is 5.26 Å². The number of anilines is 1. The Morgan fingerprint density at radius 1 is 1.06 bits per heavy atom. The highest BCUT2D eigenvalue weighted by Crippen LogP contribution is 2.27. The van der Waals surface area contributed by atoms with Gasteiger partial charge in [-0.3, -0.25) is 14.0 Å². The largest absolute Gasteiger partial charge is 0.438 e. The molecule has 7 nitrogen and oxygen atoms in total. The fourth-order valence-electron chi connectivity index (χ4n) is 3.43. The second-order valence-corrected chi connectivity index (χ2v) is 7.93. The predicted molar refractivity (Wildman–Crippen MR) is 131 cm³/mol. The third kappa shape index (κ3) is 4.71. The quantitative estimate of drug-likeness (QED) is 0.342. The summed E-state index contributed by atoms with van der Waals surface area (Å²) in [7, 11) is 0. The maximum Gasteiger partial charge on any atom is 0.269 e. The summed E-state index contributed by atoms with van der Waals surface area (Å²) >= 11 is 0. The molecule has 0 bridgehead atoms. The minimum atomic E-state index is -0.638. The highest BCUT2D eigenvalue weighted by molar-refractivity contribution is 6.09. The normalized spacial score (nSPS) is 11.2. The zero-order chi connectivity index (χ0) is 24.2. The van der Waals surface area contributed by atoms with Crippen LogP contribution in [0.5, 0.6) is 11.6 Å². The number of nitriles is 1. The van der Waals surface area contributed by atoms with Crippen LogP contribution in [0.15, 0.2) is 77.2 Å². The summed E-state index contributed by atoms with van der Waals surface area (Å²) in [5.74, 6) is -0.101. The van der Waals surface area contributed by atoms with Crippen molar-refractivity contribution in [3.8, 4) is 17.7 Å². The van der Waals surface area contributed by atoms with E-state index in [1.54, 1.807) is 42.6 Å². The molecule has 0 unspecified atom stereocenters. The monoisotopic (exact) mass is 450 g/mol. The van der Waals surface area contributed by atoms with Crippen LogP contribution in [0.1, 0.15) is 22.3 Å². The van der Waals surface area contributed by atoms with Gasteiger partial charge in [0.25, 0.3) is 11.5 Å². The van der Waals surface area contributed by atoms with Crippen molar-refractivity contribution in [3.05, 3.63) is 105 Å². The topological polar surface area (TPSA) is 96.5 Å². The first-order valence-corrected chi connectivity index (χ1v) is 10.6. The number of rotatable bonds is 5. The van der Waals surface area contributed by atoms with Gasteiger partial charge in [0, 0.05) is 11.9 Å². The van der Waals surface area contributed by atoms with Crippen molar-refractivity contribution < 1.29 is 9.53 Å². The van der Waals surface area contributed by atoms with Gasteiger partial charge in [-0.05, 0) is 62.7 Å². The van der Waals surface area contributed by atoms with Crippen LogP contribution in [0.3, 0.4) is 0 Å². The molecular weight excluding hydrogens is 428 g/mol. The van der Waals surface area contributed by atoms with Gasteiger partial charge in [-0.25, -0.2) is 0 Å². The molecule has 4 aromatic rings. The number of benzene rings is 2. The fraction of sp³-hybridized carbons (Fsp3) is 0.111. The molecule has 168 valence electrons. The molecule has 0 saturated heterocycles. The Hall–Kier alpha value is -4.70. The van der Waals surface area contributed by atoms with E-state index in [2.05, 4.69) is 10.3 Å². The number of fused-ring (bicyclic) bond motifs is 1. The zero-order valence-corrected chi connectivity index (χ0v) is 19.0. The van der Waals surface area contributed by atoms with E-state index in [-0.39, 0.29) is 17.0 Å². The second-order valence-electron chi connectivity index (χ2n) is 7.93. The molecule has 0 aliphatic heterocycles. The zero-order valence-electron chi connectivity index (χ0n) is 19.0. The summed E-state index contributed by atoms with van der Waals surface area (Å²) in [4.78, 5) is 30.6. The summed E-state index contributed by atoms with van der Waals surface area (Å²) in [6.45, 7) is 5.79. The molecule has 1 N–H and O–H groups in total. The van der Waals surface area contributed by atoms with Crippen LogP contribution in [0.2, 0.25) is 0 Å². The number of carbonyl (C=O) groups is 1. The first-order chi connectivity index (χ1) is 16.4. The van der Waals surface area contributed by atoms with Gasteiger partial charge >= 0.3 is 0 Å². The van der Waals surface area contributed by atoms with Gasteiger partial charge in [0.1, 0.15) is 28.6 Å². The molecule has 0 fully saturated rings.